The van der Waals surface area contributed by atoms with Gasteiger partial charge < -0.3 is 39.6 Å². The minimum absolute atomic E-state index is 0.840. The summed E-state index contributed by atoms with van der Waals surface area (Å²) in [6, 6.07) is 0. The van der Waals surface area contributed by atoms with E-state index >= 15 is 0 Å². The van der Waals surface area contributed by atoms with Gasteiger partial charge in [0.05, 0.1) is 6.61 Å². The number of aliphatic hydroxyl groups excluding tert-OH is 3. The third-order valence-corrected chi connectivity index (χ3v) is 3.66. The predicted octanol–water partition coefficient (Wildman–Crippen LogP) is -2.87. The molecule has 4 atom stereocenters. The fraction of sp³-hybridized carbons (Fsp3) is 1.00. The Balaban J connectivity index is 2.85. The van der Waals surface area contributed by atoms with Crippen molar-refractivity contribution >= 4 is 26.3 Å². The van der Waals surface area contributed by atoms with Gasteiger partial charge in [-0.05, 0) is 11.8 Å². The predicted molar refractivity (Wildman–Crippen MR) is 64.5 cm³/mol. The highest BCUT2D eigenvalue weighted by molar-refractivity contribution is 8.06. The van der Waals surface area contributed by atoms with E-state index in [9.17, 15) is 14.8 Å². The fourth-order valence-electron chi connectivity index (χ4n) is 1.60. The summed E-state index contributed by atoms with van der Waals surface area (Å²) in [5.74, 6) is -2.43. The summed E-state index contributed by atoms with van der Waals surface area (Å²) in [5.41, 5.74) is 0. The van der Waals surface area contributed by atoms with Crippen LogP contribution < -0.4 is 0 Å². The second kappa shape index (κ2) is 6.31. The molecule has 14 heteroatoms. The molecule has 1 aliphatic heterocycles. The first-order chi connectivity index (χ1) is 8.90. The van der Waals surface area contributed by atoms with E-state index in [2.05, 4.69) is 20.9 Å². The maximum Gasteiger partial charge on any atom is 0.469 e. The van der Waals surface area contributed by atoms with Crippen molar-refractivity contribution in [2.75, 3.05) is 13.2 Å². The molecule has 0 unspecified atom stereocenters. The van der Waals surface area contributed by atoms with Crippen LogP contribution in [-0.2, 0) is 30.2 Å². The van der Waals surface area contributed by atoms with Crippen molar-refractivity contribution in [2.45, 2.75) is 24.1 Å². The third-order valence-electron chi connectivity index (χ3n) is 2.41. The van der Waals surface area contributed by atoms with Gasteiger partial charge in [-0.3, -0.25) is 9.05 Å². The average molecular weight is 356 g/mol. The van der Waals surface area contributed by atoms with Gasteiger partial charge in [0.2, 0.25) is 5.79 Å². The number of hydrogen-bond donors (Lipinski definition) is 7. The zero-order valence-corrected chi connectivity index (χ0v) is 12.3. The van der Waals surface area contributed by atoms with Crippen molar-refractivity contribution in [1.82, 2.24) is 0 Å². The van der Waals surface area contributed by atoms with Crippen molar-refractivity contribution in [1.29, 1.82) is 0 Å². The number of phosphoric acid groups is 1. The smallest absolute Gasteiger partial charge is 0.391 e. The Morgan fingerprint density at radius 2 is 1.80 bits per heavy atom. The molecule has 0 amide bonds. The molecule has 20 heavy (non-hydrogen) atoms. The fourth-order valence-corrected chi connectivity index (χ4v) is 2.93. The molecule has 1 aliphatic rings. The lowest BCUT2D eigenvalue weighted by Gasteiger charge is -2.31. The normalized spacial score (nSPS) is 35.5. The number of ether oxygens (including phenoxy) is 1. The Labute approximate surface area is 117 Å². The first-order valence-electron chi connectivity index (χ1n) is 5.01. The van der Waals surface area contributed by atoms with Crippen LogP contribution in [0, 0.1) is 0 Å². The van der Waals surface area contributed by atoms with Crippen LogP contribution in [0.3, 0.4) is 0 Å². The minimum Gasteiger partial charge on any atom is -0.391 e. The second-order valence-electron chi connectivity index (χ2n) is 3.93. The maximum absolute atomic E-state index is 10.5. The van der Waals surface area contributed by atoms with Crippen molar-refractivity contribution in [3.05, 3.63) is 0 Å². The zero-order chi connectivity index (χ0) is 15.8. The first-order valence-corrected chi connectivity index (χ1v) is 9.17. The topological polar surface area (TPSA) is 186 Å². The number of hydrogen-bond acceptors (Lipinski definition) is 8. The van der Waals surface area contributed by atoms with Gasteiger partial charge in [0.1, 0.15) is 24.9 Å². The van der Waals surface area contributed by atoms with Crippen molar-refractivity contribution in [2.24, 2.45) is 0 Å². The standard InChI is InChI=1S/C6H14O11P2S/c7-2-6(17-19(13,14)20)5(9)4(8)3(16-6)1-15-18(10,11)12/h3-5,7-9H,1-2H2,(H2,10,11,12)(H2,13,14,20)/t3-,4-,5+,6+/m1/s1. The van der Waals surface area contributed by atoms with Crippen LogP contribution >= 0.6 is 14.5 Å². The summed E-state index contributed by atoms with van der Waals surface area (Å²) < 4.78 is 24.0. The molecule has 0 aromatic carbocycles. The van der Waals surface area contributed by atoms with E-state index in [1.54, 1.807) is 0 Å². The van der Waals surface area contributed by atoms with Crippen LogP contribution in [0.1, 0.15) is 0 Å². The highest BCUT2D eigenvalue weighted by atomic mass is 32.5. The molecule has 7 N–H and O–H groups in total. The van der Waals surface area contributed by atoms with Crippen LogP contribution in [0.15, 0.2) is 0 Å². The van der Waals surface area contributed by atoms with Gasteiger partial charge in [0.15, 0.2) is 0 Å². The monoisotopic (exact) mass is 356 g/mol. The minimum atomic E-state index is -4.84. The van der Waals surface area contributed by atoms with Gasteiger partial charge >= 0.3 is 14.5 Å². The summed E-state index contributed by atoms with van der Waals surface area (Å²) in [6.45, 7) is -6.30. The summed E-state index contributed by atoms with van der Waals surface area (Å²) in [7, 11) is -4.84. The van der Waals surface area contributed by atoms with E-state index in [4.69, 9.17) is 29.4 Å². The van der Waals surface area contributed by atoms with Gasteiger partial charge in [0.25, 0.3) is 0 Å². The van der Waals surface area contributed by atoms with Crippen LogP contribution in [-0.4, -0.2) is 72.2 Å². The van der Waals surface area contributed by atoms with Crippen LogP contribution in [0.4, 0.5) is 0 Å². The lowest BCUT2D eigenvalue weighted by atomic mass is 10.1. The molecular weight excluding hydrogens is 342 g/mol. The molecule has 1 fully saturated rings. The Hall–Kier alpha value is 0.480. The van der Waals surface area contributed by atoms with E-state index in [1.165, 1.54) is 0 Å². The summed E-state index contributed by atoms with van der Waals surface area (Å²) in [4.78, 5) is 35.1. The maximum atomic E-state index is 10.5. The number of rotatable bonds is 6. The van der Waals surface area contributed by atoms with Crippen LogP contribution in [0.2, 0.25) is 0 Å². The van der Waals surface area contributed by atoms with E-state index in [1.807, 2.05) is 0 Å². The van der Waals surface area contributed by atoms with Gasteiger partial charge in [-0.15, -0.1) is 0 Å². The zero-order valence-electron chi connectivity index (χ0n) is 9.71. The molecule has 0 saturated carbocycles. The Morgan fingerprint density at radius 1 is 1.25 bits per heavy atom. The van der Waals surface area contributed by atoms with Gasteiger partial charge in [-0.1, -0.05) is 0 Å². The lowest BCUT2D eigenvalue weighted by Crippen LogP contribution is -2.47. The Bertz CT molecular complexity index is 433. The molecule has 0 bridgehead atoms. The molecular formula is C6H14O11P2S. The second-order valence-corrected chi connectivity index (χ2v) is 7.76. The number of aliphatic hydroxyl groups is 3. The van der Waals surface area contributed by atoms with Crippen LogP contribution in [0.5, 0.6) is 0 Å². The summed E-state index contributed by atoms with van der Waals surface area (Å²) in [5, 5.41) is 28.5. The SMILES string of the molecule is O=P(O)(O)OC[C@H]1O[C@@](CO)(OP(O)(O)=S)[C@@H](O)[C@@H]1O. The molecule has 0 aromatic rings. The lowest BCUT2D eigenvalue weighted by molar-refractivity contribution is -0.233. The van der Waals surface area contributed by atoms with Crippen LogP contribution in [0.25, 0.3) is 0 Å². The van der Waals surface area contributed by atoms with Gasteiger partial charge in [-0.2, -0.15) is 0 Å². The molecule has 120 valence electrons. The van der Waals surface area contributed by atoms with E-state index in [-0.39, 0.29) is 0 Å². The van der Waals surface area contributed by atoms with Gasteiger partial charge in [-0.25, -0.2) is 4.57 Å². The van der Waals surface area contributed by atoms with Crippen molar-refractivity contribution in [3.63, 3.8) is 0 Å². The average Bonchev–Trinajstić information content (AvgIpc) is 2.49. The third kappa shape index (κ3) is 4.75. The van der Waals surface area contributed by atoms with E-state index in [0.29, 0.717) is 0 Å². The Kier molecular flexibility index (Phi) is 5.84. The first kappa shape index (κ1) is 18.5. The van der Waals surface area contributed by atoms with Crippen molar-refractivity contribution < 1.29 is 53.2 Å². The molecule has 1 rings (SSSR count). The van der Waals surface area contributed by atoms with Crippen molar-refractivity contribution in [3.8, 4) is 0 Å². The highest BCUT2D eigenvalue weighted by Gasteiger charge is 2.57. The molecule has 0 aromatic heterocycles. The summed E-state index contributed by atoms with van der Waals surface area (Å²) in [6.07, 6.45) is -5.21. The molecule has 1 heterocycles. The number of phosphoric ester groups is 1. The molecule has 1 saturated heterocycles. The molecule has 0 radical (unpaired) electrons. The highest BCUT2D eigenvalue weighted by Crippen LogP contribution is 2.47. The van der Waals surface area contributed by atoms with Gasteiger partial charge in [0, 0.05) is 0 Å². The quantitative estimate of drug-likeness (QED) is 0.242. The van der Waals surface area contributed by atoms with E-state index < -0.39 is 51.9 Å². The molecule has 0 spiro atoms. The van der Waals surface area contributed by atoms with E-state index in [0.717, 1.165) is 0 Å². The largest absolute Gasteiger partial charge is 0.469 e. The molecule has 0 aliphatic carbocycles. The Morgan fingerprint density at radius 3 is 2.20 bits per heavy atom. The summed E-state index contributed by atoms with van der Waals surface area (Å²) >= 11 is 4.17. The molecule has 11 nitrogen and oxygen atoms in total.